The third kappa shape index (κ3) is 4.72. The predicted molar refractivity (Wildman–Crippen MR) is 147 cm³/mol. The quantitative estimate of drug-likeness (QED) is 0.288. The summed E-state index contributed by atoms with van der Waals surface area (Å²) in [4.78, 5) is 15.6. The smallest absolute Gasteiger partial charge is 0.273 e. The second-order valence-corrected chi connectivity index (χ2v) is 9.76. The van der Waals surface area contributed by atoms with Gasteiger partial charge in [-0.3, -0.25) is 9.89 Å². The van der Waals surface area contributed by atoms with Crippen LogP contribution in [0.15, 0.2) is 60.7 Å². The summed E-state index contributed by atoms with van der Waals surface area (Å²) in [6.45, 7) is 7.06. The number of hydrogen-bond donors (Lipinski definition) is 2. The molecule has 0 aliphatic carbocycles. The number of phenols is 1. The van der Waals surface area contributed by atoms with Crippen molar-refractivity contribution in [3.63, 3.8) is 0 Å². The molecule has 3 aromatic carbocycles. The van der Waals surface area contributed by atoms with E-state index in [4.69, 9.17) is 9.47 Å². The van der Waals surface area contributed by atoms with E-state index >= 15 is 0 Å². The van der Waals surface area contributed by atoms with Crippen molar-refractivity contribution in [2.45, 2.75) is 39.7 Å². The minimum Gasteiger partial charge on any atom is -0.507 e. The van der Waals surface area contributed by atoms with Crippen LogP contribution < -0.4 is 9.47 Å². The molecule has 5 rings (SSSR count). The van der Waals surface area contributed by atoms with Crippen LogP contribution in [-0.4, -0.2) is 46.4 Å². The highest BCUT2D eigenvalue weighted by atomic mass is 16.5. The molecule has 38 heavy (non-hydrogen) atoms. The maximum absolute atomic E-state index is 13.8. The summed E-state index contributed by atoms with van der Waals surface area (Å²) >= 11 is 0. The van der Waals surface area contributed by atoms with E-state index in [-0.39, 0.29) is 17.7 Å². The minimum absolute atomic E-state index is 0.110. The molecule has 1 aliphatic heterocycles. The van der Waals surface area contributed by atoms with E-state index in [1.54, 1.807) is 7.11 Å². The van der Waals surface area contributed by atoms with Crippen LogP contribution in [0.2, 0.25) is 0 Å². The van der Waals surface area contributed by atoms with Crippen molar-refractivity contribution in [3.8, 4) is 28.5 Å². The van der Waals surface area contributed by atoms with E-state index in [2.05, 4.69) is 17.1 Å². The number of hydrogen-bond acceptors (Lipinski definition) is 5. The number of methoxy groups -OCH3 is 1. The van der Waals surface area contributed by atoms with Crippen LogP contribution in [-0.2, 0) is 6.42 Å². The minimum atomic E-state index is -0.380. The number of carbonyl (C=O) groups is 1. The molecule has 0 saturated heterocycles. The summed E-state index contributed by atoms with van der Waals surface area (Å²) in [6.07, 6.45) is 1.59. The molecular weight excluding hydrogens is 478 g/mol. The zero-order valence-corrected chi connectivity index (χ0v) is 22.2. The number of fused-ring (bicyclic) bond motifs is 1. The van der Waals surface area contributed by atoms with Crippen molar-refractivity contribution in [2.75, 3.05) is 20.3 Å². The summed E-state index contributed by atoms with van der Waals surface area (Å²) in [5.74, 6) is 1.63. The number of ether oxygens (including phenoxy) is 2. The number of aromatic nitrogens is 2. The number of rotatable bonds is 9. The number of benzene rings is 3. The lowest BCUT2D eigenvalue weighted by Crippen LogP contribution is -2.31. The second kappa shape index (κ2) is 10.6. The lowest BCUT2D eigenvalue weighted by Gasteiger charge is -2.27. The highest BCUT2D eigenvalue weighted by Crippen LogP contribution is 2.45. The van der Waals surface area contributed by atoms with Gasteiger partial charge in [0.15, 0.2) is 0 Å². The SMILES string of the molecule is CCCOc1cccc(C2c3c(-c4cc(C)cc(C)c4O)n[nH]c3C(=O)N2CCc2ccc(OC)cc2)c1. The Balaban J connectivity index is 1.58. The van der Waals surface area contributed by atoms with E-state index in [1.807, 2.05) is 79.4 Å². The molecule has 1 aliphatic rings. The molecule has 0 saturated carbocycles. The largest absolute Gasteiger partial charge is 0.507 e. The fraction of sp³-hybridized carbons (Fsp3) is 0.290. The Bertz CT molecular complexity index is 1460. The first kappa shape index (κ1) is 25.4. The Morgan fingerprint density at radius 1 is 1.05 bits per heavy atom. The lowest BCUT2D eigenvalue weighted by atomic mass is 9.94. The van der Waals surface area contributed by atoms with Gasteiger partial charge in [0.25, 0.3) is 5.91 Å². The van der Waals surface area contributed by atoms with Gasteiger partial charge in [0.1, 0.15) is 28.6 Å². The Hall–Kier alpha value is -4.26. The summed E-state index contributed by atoms with van der Waals surface area (Å²) in [7, 11) is 1.65. The fourth-order valence-electron chi connectivity index (χ4n) is 5.16. The third-order valence-corrected chi connectivity index (χ3v) is 7.01. The van der Waals surface area contributed by atoms with Gasteiger partial charge in [-0.25, -0.2) is 0 Å². The zero-order chi connectivity index (χ0) is 26.8. The van der Waals surface area contributed by atoms with Gasteiger partial charge in [-0.1, -0.05) is 37.3 Å². The number of H-pyrrole nitrogens is 1. The van der Waals surface area contributed by atoms with Gasteiger partial charge in [0.05, 0.1) is 19.8 Å². The van der Waals surface area contributed by atoms with Gasteiger partial charge in [-0.05, 0) is 79.3 Å². The van der Waals surface area contributed by atoms with Crippen molar-refractivity contribution < 1.29 is 19.4 Å². The highest BCUT2D eigenvalue weighted by molar-refractivity contribution is 6.00. The zero-order valence-electron chi connectivity index (χ0n) is 22.2. The first-order valence-corrected chi connectivity index (χ1v) is 13.0. The van der Waals surface area contributed by atoms with Gasteiger partial charge < -0.3 is 19.5 Å². The molecule has 1 atom stereocenters. The number of carbonyl (C=O) groups excluding carboxylic acids is 1. The van der Waals surface area contributed by atoms with Crippen molar-refractivity contribution in [1.82, 2.24) is 15.1 Å². The Morgan fingerprint density at radius 3 is 2.58 bits per heavy atom. The molecule has 1 unspecified atom stereocenters. The molecule has 1 amide bonds. The molecule has 2 heterocycles. The Morgan fingerprint density at radius 2 is 1.84 bits per heavy atom. The molecule has 1 aromatic heterocycles. The lowest BCUT2D eigenvalue weighted by molar-refractivity contribution is 0.0745. The van der Waals surface area contributed by atoms with E-state index in [0.29, 0.717) is 36.5 Å². The molecule has 0 radical (unpaired) electrons. The van der Waals surface area contributed by atoms with Crippen molar-refractivity contribution in [3.05, 3.63) is 94.2 Å². The predicted octanol–water partition coefficient (Wildman–Crippen LogP) is 5.98. The molecule has 196 valence electrons. The van der Waals surface area contributed by atoms with Crippen LogP contribution in [0, 0.1) is 13.8 Å². The van der Waals surface area contributed by atoms with Gasteiger partial charge in [-0.15, -0.1) is 0 Å². The average molecular weight is 512 g/mol. The number of nitrogens with one attached hydrogen (secondary N) is 1. The van der Waals surface area contributed by atoms with Gasteiger partial charge >= 0.3 is 0 Å². The van der Waals surface area contributed by atoms with Gasteiger partial charge in [0.2, 0.25) is 0 Å². The summed E-state index contributed by atoms with van der Waals surface area (Å²) in [5.41, 5.74) is 6.27. The molecule has 7 heteroatoms. The summed E-state index contributed by atoms with van der Waals surface area (Å²) in [5, 5.41) is 18.5. The molecule has 0 bridgehead atoms. The fourth-order valence-corrected chi connectivity index (χ4v) is 5.16. The molecular formula is C31H33N3O4. The number of phenolic OH excluding ortho intramolecular Hbond substituents is 1. The van der Waals surface area contributed by atoms with E-state index in [1.165, 1.54) is 0 Å². The van der Waals surface area contributed by atoms with Crippen LogP contribution in [0.5, 0.6) is 17.2 Å². The van der Waals surface area contributed by atoms with Gasteiger partial charge in [-0.2, -0.15) is 5.10 Å². The summed E-state index contributed by atoms with van der Waals surface area (Å²) in [6, 6.07) is 19.3. The van der Waals surface area contributed by atoms with E-state index < -0.39 is 0 Å². The number of nitrogens with zero attached hydrogens (tertiary/aromatic N) is 2. The Kier molecular flexibility index (Phi) is 7.09. The second-order valence-electron chi connectivity index (χ2n) is 9.76. The van der Waals surface area contributed by atoms with Crippen LogP contribution in [0.3, 0.4) is 0 Å². The van der Waals surface area contributed by atoms with Crippen molar-refractivity contribution >= 4 is 5.91 Å². The number of amides is 1. The first-order valence-electron chi connectivity index (χ1n) is 13.0. The summed E-state index contributed by atoms with van der Waals surface area (Å²) < 4.78 is 11.2. The van der Waals surface area contributed by atoms with Gasteiger partial charge in [0, 0.05) is 17.7 Å². The molecule has 7 nitrogen and oxygen atoms in total. The highest BCUT2D eigenvalue weighted by Gasteiger charge is 2.42. The monoisotopic (exact) mass is 511 g/mol. The molecule has 0 spiro atoms. The average Bonchev–Trinajstić information content (AvgIpc) is 3.47. The molecule has 2 N–H and O–H groups in total. The maximum atomic E-state index is 13.8. The van der Waals surface area contributed by atoms with Crippen LogP contribution in [0.25, 0.3) is 11.3 Å². The third-order valence-electron chi connectivity index (χ3n) is 7.01. The topological polar surface area (TPSA) is 87.7 Å². The van der Waals surface area contributed by atoms with E-state index in [9.17, 15) is 9.90 Å². The molecule has 4 aromatic rings. The number of aromatic amines is 1. The molecule has 0 fully saturated rings. The number of aromatic hydroxyl groups is 1. The maximum Gasteiger partial charge on any atom is 0.273 e. The van der Waals surface area contributed by atoms with Crippen LogP contribution in [0.4, 0.5) is 0 Å². The Labute approximate surface area is 223 Å². The van der Waals surface area contributed by atoms with Crippen molar-refractivity contribution in [2.24, 2.45) is 0 Å². The standard InChI is InChI=1S/C31H33N3O4/c1-5-15-38-24-8-6-7-22(18-24)29-26-27(25-17-19(2)16-20(3)30(25)35)32-33-28(26)31(36)34(29)14-13-21-9-11-23(37-4)12-10-21/h6-12,16-18,29,35H,5,13-15H2,1-4H3,(H,32,33). The van der Waals surface area contributed by atoms with E-state index in [0.717, 1.165) is 45.7 Å². The van der Waals surface area contributed by atoms with Crippen LogP contribution >= 0.6 is 0 Å². The van der Waals surface area contributed by atoms with Crippen molar-refractivity contribution in [1.29, 1.82) is 0 Å². The normalized spacial score (nSPS) is 14.6. The van der Waals surface area contributed by atoms with Crippen LogP contribution in [0.1, 0.15) is 57.7 Å². The first-order chi connectivity index (χ1) is 18.4. The number of aryl methyl sites for hydroxylation is 2.